The van der Waals surface area contributed by atoms with E-state index in [1.165, 1.54) is 4.90 Å². The van der Waals surface area contributed by atoms with E-state index in [9.17, 15) is 9.90 Å². The largest absolute Gasteiger partial charge is 0.392 e. The monoisotopic (exact) mass is 511 g/mol. The van der Waals surface area contributed by atoms with E-state index < -0.39 is 6.29 Å². The molecule has 1 saturated heterocycles. The molecule has 0 radical (unpaired) electrons. The highest BCUT2D eigenvalue weighted by Crippen LogP contribution is 2.39. The summed E-state index contributed by atoms with van der Waals surface area (Å²) >= 11 is 1.77. The fourth-order valence-corrected chi connectivity index (χ4v) is 5.23. The molecule has 1 fully saturated rings. The second-order valence-electron chi connectivity index (χ2n) is 8.92. The van der Waals surface area contributed by atoms with Crippen molar-refractivity contribution in [2.75, 3.05) is 11.1 Å². The third-order valence-electron chi connectivity index (χ3n) is 6.25. The number of hydrogen-bond donors (Lipinski definition) is 2. The van der Waals surface area contributed by atoms with Gasteiger partial charge in [-0.1, -0.05) is 72.8 Å². The van der Waals surface area contributed by atoms with Crippen molar-refractivity contribution in [3.05, 3.63) is 131 Å². The number of rotatable bonds is 8. The highest BCUT2D eigenvalue weighted by molar-refractivity contribution is 7.99. The zero-order valence-electron chi connectivity index (χ0n) is 20.3. The van der Waals surface area contributed by atoms with Gasteiger partial charge in [0.25, 0.3) is 5.91 Å². The SMILES string of the molecule is O=C(Nc1cccc([C@@H]2O[C@H](CSc3ccccc3)C[C@H](c3ccc(CO)cc3)O2)c1)c1ccccc1. The number of benzene rings is 4. The number of hydrogen-bond acceptors (Lipinski definition) is 5. The molecule has 5 nitrogen and oxygen atoms in total. The predicted molar refractivity (Wildman–Crippen MR) is 146 cm³/mol. The van der Waals surface area contributed by atoms with E-state index >= 15 is 0 Å². The fraction of sp³-hybridized carbons (Fsp3) is 0.194. The molecule has 0 aromatic heterocycles. The molecule has 1 heterocycles. The van der Waals surface area contributed by atoms with Crippen LogP contribution in [0.4, 0.5) is 5.69 Å². The van der Waals surface area contributed by atoms with Crippen LogP contribution in [0.15, 0.2) is 114 Å². The van der Waals surface area contributed by atoms with Crippen LogP contribution in [0.25, 0.3) is 0 Å². The zero-order valence-corrected chi connectivity index (χ0v) is 21.1. The highest BCUT2D eigenvalue weighted by atomic mass is 32.2. The molecule has 1 aliphatic heterocycles. The smallest absolute Gasteiger partial charge is 0.255 e. The molecule has 0 unspecified atom stereocenters. The van der Waals surface area contributed by atoms with E-state index in [1.54, 1.807) is 23.9 Å². The number of nitrogens with one attached hydrogen (secondary N) is 1. The quantitative estimate of drug-likeness (QED) is 0.256. The molecule has 5 rings (SSSR count). The lowest BCUT2D eigenvalue weighted by Gasteiger charge is -2.36. The maximum atomic E-state index is 12.7. The van der Waals surface area contributed by atoms with Crippen LogP contribution in [-0.2, 0) is 16.1 Å². The first kappa shape index (κ1) is 25.2. The molecule has 1 aliphatic rings. The topological polar surface area (TPSA) is 67.8 Å². The Morgan fingerprint density at radius 1 is 0.838 bits per heavy atom. The summed E-state index contributed by atoms with van der Waals surface area (Å²) < 4.78 is 12.9. The number of amides is 1. The van der Waals surface area contributed by atoms with Gasteiger partial charge in [0.15, 0.2) is 6.29 Å². The normalized spacial score (nSPS) is 19.3. The lowest BCUT2D eigenvalue weighted by Crippen LogP contribution is -2.31. The van der Waals surface area contributed by atoms with Crippen LogP contribution >= 0.6 is 11.8 Å². The summed E-state index contributed by atoms with van der Waals surface area (Å²) in [4.78, 5) is 13.9. The van der Waals surface area contributed by atoms with Crippen LogP contribution in [0.2, 0.25) is 0 Å². The van der Waals surface area contributed by atoms with Gasteiger partial charge in [-0.15, -0.1) is 11.8 Å². The molecular formula is C31H29NO4S. The van der Waals surface area contributed by atoms with E-state index in [2.05, 4.69) is 17.4 Å². The first-order valence-corrected chi connectivity index (χ1v) is 13.3. The Hall–Kier alpha value is -3.42. The van der Waals surface area contributed by atoms with Crippen LogP contribution in [0, 0.1) is 0 Å². The van der Waals surface area contributed by atoms with Gasteiger partial charge in [-0.2, -0.15) is 0 Å². The van der Waals surface area contributed by atoms with Crippen molar-refractivity contribution in [1.82, 2.24) is 0 Å². The molecule has 188 valence electrons. The standard InChI is InChI=1S/C31H29NO4S/c33-20-22-14-16-23(17-15-22)29-19-27(21-37-28-12-5-2-6-13-28)35-31(36-29)25-10-7-11-26(18-25)32-30(34)24-8-3-1-4-9-24/h1-18,27,29,31,33H,19-21H2,(H,32,34)/t27-,29+,31+/m0/s1. The molecule has 0 saturated carbocycles. The van der Waals surface area contributed by atoms with Gasteiger partial charge in [-0.3, -0.25) is 4.79 Å². The van der Waals surface area contributed by atoms with Gasteiger partial charge in [0.05, 0.1) is 18.8 Å². The van der Waals surface area contributed by atoms with Crippen molar-refractivity contribution < 1.29 is 19.4 Å². The molecule has 0 spiro atoms. The van der Waals surface area contributed by atoms with E-state index in [1.807, 2.05) is 84.9 Å². The summed E-state index contributed by atoms with van der Waals surface area (Å²) in [5.41, 5.74) is 4.04. The Labute approximate surface area is 221 Å². The van der Waals surface area contributed by atoms with E-state index in [-0.39, 0.29) is 24.7 Å². The van der Waals surface area contributed by atoms with Crippen LogP contribution in [0.3, 0.4) is 0 Å². The summed E-state index contributed by atoms with van der Waals surface area (Å²) in [6, 6.07) is 34.9. The van der Waals surface area contributed by atoms with Crippen LogP contribution in [-0.4, -0.2) is 22.9 Å². The second kappa shape index (κ2) is 12.2. The van der Waals surface area contributed by atoms with Crippen molar-refractivity contribution in [2.24, 2.45) is 0 Å². The minimum Gasteiger partial charge on any atom is -0.392 e. The summed E-state index contributed by atoms with van der Waals surface area (Å²) in [5.74, 6) is 0.627. The number of aliphatic hydroxyl groups excluding tert-OH is 1. The van der Waals surface area contributed by atoms with Crippen LogP contribution in [0.5, 0.6) is 0 Å². The zero-order chi connectivity index (χ0) is 25.5. The number of anilines is 1. The van der Waals surface area contributed by atoms with Gasteiger partial charge in [0.1, 0.15) is 0 Å². The number of carbonyl (C=O) groups is 1. The van der Waals surface area contributed by atoms with Crippen molar-refractivity contribution >= 4 is 23.4 Å². The lowest BCUT2D eigenvalue weighted by atomic mass is 10.0. The Kier molecular flexibility index (Phi) is 8.33. The van der Waals surface area contributed by atoms with E-state index in [0.29, 0.717) is 11.3 Å². The fourth-order valence-electron chi connectivity index (χ4n) is 4.28. The Bertz CT molecular complexity index is 1300. The Morgan fingerprint density at radius 2 is 1.57 bits per heavy atom. The third-order valence-corrected chi connectivity index (χ3v) is 7.39. The average Bonchev–Trinajstić information content (AvgIpc) is 2.97. The second-order valence-corrected chi connectivity index (χ2v) is 10.0. The maximum Gasteiger partial charge on any atom is 0.255 e. The molecule has 0 aliphatic carbocycles. The van der Waals surface area contributed by atoms with Crippen LogP contribution < -0.4 is 5.32 Å². The summed E-state index contributed by atoms with van der Waals surface area (Å²) in [5, 5.41) is 12.4. The van der Waals surface area contributed by atoms with Gasteiger partial charge in [-0.05, 0) is 47.5 Å². The molecule has 2 N–H and O–H groups in total. The number of carbonyl (C=O) groups excluding carboxylic acids is 1. The van der Waals surface area contributed by atoms with E-state index in [4.69, 9.17) is 9.47 Å². The lowest BCUT2D eigenvalue weighted by molar-refractivity contribution is -0.245. The summed E-state index contributed by atoms with van der Waals surface area (Å²) in [7, 11) is 0. The Morgan fingerprint density at radius 3 is 2.30 bits per heavy atom. The maximum absolute atomic E-state index is 12.7. The summed E-state index contributed by atoms with van der Waals surface area (Å²) in [6.07, 6.45) is -0.0464. The molecule has 4 aromatic carbocycles. The summed E-state index contributed by atoms with van der Waals surface area (Å²) in [6.45, 7) is 0.00930. The molecule has 3 atom stereocenters. The first-order valence-electron chi connectivity index (χ1n) is 12.3. The first-order chi connectivity index (χ1) is 18.2. The molecular weight excluding hydrogens is 482 g/mol. The van der Waals surface area contributed by atoms with Crippen molar-refractivity contribution in [3.8, 4) is 0 Å². The van der Waals surface area contributed by atoms with Gasteiger partial charge in [0, 0.05) is 33.9 Å². The number of thioether (sulfide) groups is 1. The molecule has 0 bridgehead atoms. The minimum atomic E-state index is -0.578. The van der Waals surface area contributed by atoms with Gasteiger partial charge >= 0.3 is 0 Å². The molecule has 37 heavy (non-hydrogen) atoms. The highest BCUT2D eigenvalue weighted by Gasteiger charge is 2.32. The van der Waals surface area contributed by atoms with Crippen molar-refractivity contribution in [2.45, 2.75) is 36.4 Å². The minimum absolute atomic E-state index is 0.00930. The van der Waals surface area contributed by atoms with Crippen molar-refractivity contribution in [1.29, 1.82) is 0 Å². The third kappa shape index (κ3) is 6.67. The van der Waals surface area contributed by atoms with Gasteiger partial charge in [0.2, 0.25) is 0 Å². The molecule has 1 amide bonds. The molecule has 6 heteroatoms. The number of ether oxygens (including phenoxy) is 2. The van der Waals surface area contributed by atoms with Crippen LogP contribution in [0.1, 0.15) is 45.9 Å². The van der Waals surface area contributed by atoms with E-state index in [0.717, 1.165) is 28.9 Å². The molecule has 4 aromatic rings. The number of aliphatic hydroxyl groups is 1. The Balaban J connectivity index is 1.35. The predicted octanol–water partition coefficient (Wildman–Crippen LogP) is 6.77. The average molecular weight is 512 g/mol. The van der Waals surface area contributed by atoms with Crippen molar-refractivity contribution in [3.63, 3.8) is 0 Å². The van der Waals surface area contributed by atoms with Gasteiger partial charge in [-0.25, -0.2) is 0 Å². The van der Waals surface area contributed by atoms with Gasteiger partial charge < -0.3 is 19.9 Å².